The number of methoxy groups -OCH3 is 1. The van der Waals surface area contributed by atoms with E-state index in [2.05, 4.69) is 25.6 Å². The van der Waals surface area contributed by atoms with Crippen LogP contribution < -0.4 is 16.2 Å². The molecule has 0 spiro atoms. The Morgan fingerprint density at radius 1 is 1.37 bits per heavy atom. The van der Waals surface area contributed by atoms with E-state index >= 15 is 0 Å². The summed E-state index contributed by atoms with van der Waals surface area (Å²) in [7, 11) is 1.43. The Kier molecular flexibility index (Phi) is 5.68. The summed E-state index contributed by atoms with van der Waals surface area (Å²) in [6.07, 6.45) is 1.51. The van der Waals surface area contributed by atoms with Gasteiger partial charge in [-0.05, 0) is 25.1 Å². The van der Waals surface area contributed by atoms with Gasteiger partial charge >= 0.3 is 0 Å². The van der Waals surface area contributed by atoms with Gasteiger partial charge in [0.1, 0.15) is 12.4 Å². The minimum Gasteiger partial charge on any atom is -0.375 e. The molecule has 27 heavy (non-hydrogen) atoms. The number of aromatic nitrogens is 3. The van der Waals surface area contributed by atoms with E-state index in [9.17, 15) is 9.59 Å². The number of para-hydroxylation sites is 1. The van der Waals surface area contributed by atoms with Gasteiger partial charge in [-0.1, -0.05) is 23.7 Å². The Labute approximate surface area is 159 Å². The number of carbonyl (C=O) groups excluding carboxylic acids is 1. The molecule has 9 heteroatoms. The molecule has 8 nitrogen and oxygen atoms in total. The summed E-state index contributed by atoms with van der Waals surface area (Å²) in [5, 5.41) is 6.98. The molecular weight excluding hydrogens is 370 g/mol. The minimum atomic E-state index is -0.373. The van der Waals surface area contributed by atoms with E-state index in [0.29, 0.717) is 21.9 Å². The van der Waals surface area contributed by atoms with Crippen LogP contribution in [0.1, 0.15) is 18.5 Å². The number of amides is 1. The van der Waals surface area contributed by atoms with Gasteiger partial charge < -0.3 is 20.4 Å². The number of nitrogens with zero attached hydrogens (tertiary/aromatic N) is 2. The van der Waals surface area contributed by atoms with Crippen molar-refractivity contribution >= 4 is 40.2 Å². The number of H-pyrrole nitrogens is 1. The monoisotopic (exact) mass is 387 g/mol. The Hall–Kier alpha value is -2.97. The lowest BCUT2D eigenvalue weighted by molar-refractivity contribution is -0.119. The van der Waals surface area contributed by atoms with Crippen LogP contribution in [-0.4, -0.2) is 34.6 Å². The van der Waals surface area contributed by atoms with Gasteiger partial charge in [-0.2, -0.15) is 4.98 Å². The van der Waals surface area contributed by atoms with Crippen molar-refractivity contribution in [2.45, 2.75) is 13.0 Å². The SMILES string of the molecule is COCC(=O)Nc1ccnc(N[C@@H](C)c2cc3cccc(Cl)c3[nH]c2=O)n1. The Morgan fingerprint density at radius 3 is 2.96 bits per heavy atom. The molecule has 0 saturated carbocycles. The number of rotatable bonds is 6. The molecule has 140 valence electrons. The number of aromatic amines is 1. The van der Waals surface area contributed by atoms with Crippen molar-refractivity contribution in [1.29, 1.82) is 0 Å². The fourth-order valence-electron chi connectivity index (χ4n) is 2.61. The van der Waals surface area contributed by atoms with Crippen molar-refractivity contribution < 1.29 is 9.53 Å². The van der Waals surface area contributed by atoms with Gasteiger partial charge in [-0.3, -0.25) is 9.59 Å². The summed E-state index contributed by atoms with van der Waals surface area (Å²) in [6, 6.07) is 8.38. The van der Waals surface area contributed by atoms with Gasteiger partial charge in [0.15, 0.2) is 0 Å². The third-order valence-electron chi connectivity index (χ3n) is 3.87. The van der Waals surface area contributed by atoms with Crippen LogP contribution in [0.15, 0.2) is 41.3 Å². The Bertz CT molecular complexity index is 1040. The van der Waals surface area contributed by atoms with Crippen molar-refractivity contribution in [3.63, 3.8) is 0 Å². The number of nitrogens with one attached hydrogen (secondary N) is 3. The maximum Gasteiger partial charge on any atom is 0.253 e. The van der Waals surface area contributed by atoms with Gasteiger partial charge in [0.05, 0.1) is 16.6 Å². The van der Waals surface area contributed by atoms with Crippen LogP contribution in [0.2, 0.25) is 5.02 Å². The normalized spacial score (nSPS) is 12.0. The second-order valence-corrected chi connectivity index (χ2v) is 6.28. The number of ether oxygens (including phenoxy) is 1. The quantitative estimate of drug-likeness (QED) is 0.600. The first-order valence-electron chi connectivity index (χ1n) is 8.17. The van der Waals surface area contributed by atoms with Crippen LogP contribution in [0, 0.1) is 0 Å². The third-order valence-corrected chi connectivity index (χ3v) is 4.18. The lowest BCUT2D eigenvalue weighted by Gasteiger charge is -2.15. The van der Waals surface area contributed by atoms with Crippen molar-refractivity contribution in [1.82, 2.24) is 15.0 Å². The predicted molar refractivity (Wildman–Crippen MR) is 104 cm³/mol. The number of pyridine rings is 1. The number of halogens is 1. The van der Waals surface area contributed by atoms with Gasteiger partial charge in [-0.25, -0.2) is 4.98 Å². The number of carbonyl (C=O) groups is 1. The number of hydrogen-bond acceptors (Lipinski definition) is 6. The average Bonchev–Trinajstić information content (AvgIpc) is 2.62. The van der Waals surface area contributed by atoms with Gasteiger partial charge in [0.2, 0.25) is 5.95 Å². The summed E-state index contributed by atoms with van der Waals surface area (Å²) in [5.41, 5.74) is 0.863. The fraction of sp³-hybridized carbons (Fsp3) is 0.222. The first-order valence-corrected chi connectivity index (χ1v) is 8.55. The van der Waals surface area contributed by atoms with Crippen LogP contribution in [0.25, 0.3) is 10.9 Å². The van der Waals surface area contributed by atoms with Crippen LogP contribution in [-0.2, 0) is 9.53 Å². The molecule has 0 bridgehead atoms. The van der Waals surface area contributed by atoms with Crippen LogP contribution in [0.4, 0.5) is 11.8 Å². The smallest absolute Gasteiger partial charge is 0.253 e. The van der Waals surface area contributed by atoms with Crippen LogP contribution in [0.5, 0.6) is 0 Å². The van der Waals surface area contributed by atoms with E-state index in [1.165, 1.54) is 13.3 Å². The molecule has 2 heterocycles. The lowest BCUT2D eigenvalue weighted by Crippen LogP contribution is -2.21. The predicted octanol–water partition coefficient (Wildman–Crippen LogP) is 2.73. The van der Waals surface area contributed by atoms with Crippen LogP contribution in [0.3, 0.4) is 0 Å². The molecule has 1 aromatic carbocycles. The van der Waals surface area contributed by atoms with Crippen molar-refractivity contribution in [2.24, 2.45) is 0 Å². The van der Waals surface area contributed by atoms with Crippen molar-refractivity contribution in [2.75, 3.05) is 24.4 Å². The molecular formula is C18H18ClN5O3. The molecule has 2 aromatic heterocycles. The first-order chi connectivity index (χ1) is 13.0. The summed E-state index contributed by atoms with van der Waals surface area (Å²) < 4.78 is 4.77. The van der Waals surface area contributed by atoms with Gasteiger partial charge in [-0.15, -0.1) is 0 Å². The van der Waals surface area contributed by atoms with Gasteiger partial charge in [0.25, 0.3) is 11.5 Å². The maximum atomic E-state index is 12.4. The van der Waals surface area contributed by atoms with E-state index in [4.69, 9.17) is 16.3 Å². The zero-order chi connectivity index (χ0) is 19.4. The topological polar surface area (TPSA) is 109 Å². The molecule has 0 radical (unpaired) electrons. The highest BCUT2D eigenvalue weighted by Gasteiger charge is 2.14. The highest BCUT2D eigenvalue weighted by atomic mass is 35.5. The molecule has 0 aliphatic heterocycles. The third kappa shape index (κ3) is 4.42. The molecule has 0 aliphatic carbocycles. The summed E-state index contributed by atoms with van der Waals surface area (Å²) in [6.45, 7) is 1.75. The Morgan fingerprint density at radius 2 is 2.19 bits per heavy atom. The second kappa shape index (κ2) is 8.15. The van der Waals surface area contributed by atoms with E-state index in [1.54, 1.807) is 18.2 Å². The largest absolute Gasteiger partial charge is 0.375 e. The summed E-state index contributed by atoms with van der Waals surface area (Å²) in [4.78, 5) is 35.2. The van der Waals surface area contributed by atoms with E-state index in [-0.39, 0.29) is 30.1 Å². The van der Waals surface area contributed by atoms with E-state index in [1.807, 2.05) is 19.1 Å². The first kappa shape index (κ1) is 18.8. The molecule has 3 N–H and O–H groups in total. The minimum absolute atomic E-state index is 0.0712. The molecule has 0 unspecified atom stereocenters. The van der Waals surface area contributed by atoms with E-state index < -0.39 is 0 Å². The van der Waals surface area contributed by atoms with Crippen molar-refractivity contribution in [3.05, 3.63) is 57.5 Å². The number of hydrogen-bond donors (Lipinski definition) is 3. The maximum absolute atomic E-state index is 12.4. The molecule has 3 aromatic rings. The zero-order valence-electron chi connectivity index (χ0n) is 14.7. The molecule has 0 saturated heterocycles. The van der Waals surface area contributed by atoms with Gasteiger partial charge in [0, 0.05) is 24.3 Å². The Balaban J connectivity index is 1.82. The van der Waals surface area contributed by atoms with E-state index in [0.717, 1.165) is 5.39 Å². The molecule has 1 amide bonds. The lowest BCUT2D eigenvalue weighted by atomic mass is 10.1. The number of fused-ring (bicyclic) bond motifs is 1. The second-order valence-electron chi connectivity index (χ2n) is 5.87. The highest BCUT2D eigenvalue weighted by Crippen LogP contribution is 2.23. The average molecular weight is 388 g/mol. The standard InChI is InChI=1S/C18H18ClN5O3/c1-10(12-8-11-4-3-5-13(19)16(11)24-17(12)26)21-18-20-7-6-14(23-18)22-15(25)9-27-2/h3-8,10H,9H2,1-2H3,(H,24,26)(H2,20,21,22,23,25)/t10-/m0/s1. The number of benzene rings is 1. The zero-order valence-corrected chi connectivity index (χ0v) is 15.5. The summed E-state index contributed by atoms with van der Waals surface area (Å²) in [5.74, 6) is 0.294. The summed E-state index contributed by atoms with van der Waals surface area (Å²) >= 11 is 6.12. The molecule has 1 atom stereocenters. The van der Waals surface area contributed by atoms with Crippen molar-refractivity contribution in [3.8, 4) is 0 Å². The van der Waals surface area contributed by atoms with Crippen LogP contribution >= 0.6 is 11.6 Å². The fourth-order valence-corrected chi connectivity index (χ4v) is 2.84. The molecule has 3 rings (SSSR count). The molecule has 0 fully saturated rings. The number of anilines is 2. The highest BCUT2D eigenvalue weighted by molar-refractivity contribution is 6.35. The molecule has 0 aliphatic rings.